The molecule has 1 aromatic rings. The third-order valence-corrected chi connectivity index (χ3v) is 1.17. The van der Waals surface area contributed by atoms with Crippen molar-refractivity contribution in [3.8, 4) is 0 Å². The van der Waals surface area contributed by atoms with Crippen LogP contribution in [0.15, 0.2) is 18.3 Å². The monoisotopic (exact) mass is 195 g/mol. The topological polar surface area (TPSA) is 53.0 Å². The number of carbonyl (C=O) groups is 1. The number of nitrogens with zero attached hydrogens (tertiary/aromatic N) is 1. The van der Waals surface area contributed by atoms with E-state index in [2.05, 4.69) is 4.98 Å². The van der Waals surface area contributed by atoms with E-state index < -0.39 is 5.97 Å². The molecule has 0 spiro atoms. The molecule has 0 amide bonds. The molecule has 0 radical (unpaired) electrons. The molecule has 0 bridgehead atoms. The largest absolute Gasteiger partial charge is 1.00 e. The van der Waals surface area contributed by atoms with Gasteiger partial charge in [-0.3, -0.25) is 4.98 Å². The smallest absolute Gasteiger partial charge is 0.543 e. The van der Waals surface area contributed by atoms with Gasteiger partial charge in [-0.2, -0.15) is 0 Å². The van der Waals surface area contributed by atoms with Crippen LogP contribution in [0.3, 0.4) is 0 Å². The van der Waals surface area contributed by atoms with Crippen molar-refractivity contribution in [2.24, 2.45) is 0 Å². The number of hydrogen-bond acceptors (Lipinski definition) is 3. The summed E-state index contributed by atoms with van der Waals surface area (Å²) in [6, 6.07) is 2.73. The maximum absolute atomic E-state index is 10.1. The normalized spacial score (nSPS) is 8.45. The Bertz CT molecular complexity index is 267. The van der Waals surface area contributed by atoms with Crippen molar-refractivity contribution in [2.45, 2.75) is 0 Å². The maximum Gasteiger partial charge on any atom is 1.00 e. The standard InChI is InChI=1S/C6H4ClNO2.K/c7-4-1-2-8-5(3-4)6(9)10;/h1-3H,(H,9,10);/q;+1/p-1. The Labute approximate surface area is 111 Å². The van der Waals surface area contributed by atoms with Crippen LogP contribution in [0, 0.1) is 0 Å². The van der Waals surface area contributed by atoms with E-state index in [-0.39, 0.29) is 57.1 Å². The maximum atomic E-state index is 10.1. The van der Waals surface area contributed by atoms with Gasteiger partial charge in [-0.15, -0.1) is 0 Å². The first-order chi connectivity index (χ1) is 4.70. The van der Waals surface area contributed by atoms with E-state index in [1.807, 2.05) is 0 Å². The summed E-state index contributed by atoms with van der Waals surface area (Å²) in [6.07, 6.45) is 1.31. The summed E-state index contributed by atoms with van der Waals surface area (Å²) in [5, 5.41) is 10.5. The van der Waals surface area contributed by atoms with Crippen LogP contribution in [0.2, 0.25) is 5.02 Å². The number of pyridine rings is 1. The Morgan fingerprint density at radius 2 is 2.27 bits per heavy atom. The zero-order valence-corrected chi connectivity index (χ0v) is 9.75. The Balaban J connectivity index is 0.000001000. The van der Waals surface area contributed by atoms with Gasteiger partial charge < -0.3 is 9.90 Å². The van der Waals surface area contributed by atoms with Crippen LogP contribution in [0.5, 0.6) is 0 Å². The molecule has 0 aromatic carbocycles. The second-order valence-electron chi connectivity index (χ2n) is 1.65. The van der Waals surface area contributed by atoms with Gasteiger partial charge >= 0.3 is 51.4 Å². The summed E-state index contributed by atoms with van der Waals surface area (Å²) in [4.78, 5) is 13.6. The fourth-order valence-electron chi connectivity index (χ4n) is 0.516. The second kappa shape index (κ2) is 5.24. The molecule has 11 heavy (non-hydrogen) atoms. The Morgan fingerprint density at radius 1 is 1.64 bits per heavy atom. The second-order valence-corrected chi connectivity index (χ2v) is 2.08. The molecule has 1 aromatic heterocycles. The zero-order valence-electron chi connectivity index (χ0n) is 5.87. The minimum atomic E-state index is -1.32. The Morgan fingerprint density at radius 3 is 2.64 bits per heavy atom. The number of halogens is 1. The van der Waals surface area contributed by atoms with Gasteiger partial charge in [-0.1, -0.05) is 11.6 Å². The van der Waals surface area contributed by atoms with Crippen molar-refractivity contribution in [2.75, 3.05) is 0 Å². The number of carboxylic acid groups (broad SMARTS) is 1. The molecule has 1 rings (SSSR count). The van der Waals surface area contributed by atoms with E-state index in [1.165, 1.54) is 18.3 Å². The molecule has 0 aliphatic carbocycles. The predicted octanol–water partition coefficient (Wildman–Crippen LogP) is -2.90. The van der Waals surface area contributed by atoms with Crippen molar-refractivity contribution >= 4 is 17.6 Å². The first-order valence-corrected chi connectivity index (χ1v) is 2.91. The summed E-state index contributed by atoms with van der Waals surface area (Å²) in [7, 11) is 0. The molecule has 1 heterocycles. The van der Waals surface area contributed by atoms with E-state index in [1.54, 1.807) is 0 Å². The van der Waals surface area contributed by atoms with Crippen molar-refractivity contribution in [1.29, 1.82) is 0 Å². The van der Waals surface area contributed by atoms with Crippen LogP contribution in [0.25, 0.3) is 0 Å². The Hall–Kier alpha value is 0.546. The van der Waals surface area contributed by atoms with Gasteiger partial charge in [0.15, 0.2) is 0 Å². The molecule has 0 unspecified atom stereocenters. The molecular formula is C6H3ClKNO2. The van der Waals surface area contributed by atoms with Gasteiger partial charge in [0.05, 0.1) is 11.7 Å². The van der Waals surface area contributed by atoms with Crippen LogP contribution in [0.1, 0.15) is 10.5 Å². The van der Waals surface area contributed by atoms with Gasteiger partial charge in [0.1, 0.15) is 0 Å². The van der Waals surface area contributed by atoms with Gasteiger partial charge in [-0.25, -0.2) is 0 Å². The van der Waals surface area contributed by atoms with Crippen LogP contribution in [-0.2, 0) is 0 Å². The Kier molecular flexibility index (Phi) is 5.50. The van der Waals surface area contributed by atoms with Crippen molar-refractivity contribution in [3.05, 3.63) is 29.0 Å². The first-order valence-electron chi connectivity index (χ1n) is 2.53. The fourth-order valence-corrected chi connectivity index (χ4v) is 0.676. The molecular weight excluding hydrogens is 193 g/mol. The predicted molar refractivity (Wildman–Crippen MR) is 33.6 cm³/mol. The van der Waals surface area contributed by atoms with Crippen LogP contribution < -0.4 is 56.5 Å². The number of carboxylic acids is 1. The molecule has 0 aliphatic heterocycles. The van der Waals surface area contributed by atoms with Gasteiger partial charge in [0.2, 0.25) is 0 Å². The van der Waals surface area contributed by atoms with Gasteiger partial charge in [0, 0.05) is 11.2 Å². The molecule has 0 fully saturated rings. The van der Waals surface area contributed by atoms with Crippen molar-refractivity contribution < 1.29 is 61.3 Å². The first kappa shape index (κ1) is 11.5. The molecule has 52 valence electrons. The summed E-state index contributed by atoms with van der Waals surface area (Å²) < 4.78 is 0. The summed E-state index contributed by atoms with van der Waals surface area (Å²) in [5.74, 6) is -1.32. The quantitative estimate of drug-likeness (QED) is 0.452. The van der Waals surface area contributed by atoms with E-state index in [9.17, 15) is 9.90 Å². The number of aromatic carboxylic acids is 1. The van der Waals surface area contributed by atoms with Crippen molar-refractivity contribution in [3.63, 3.8) is 0 Å². The van der Waals surface area contributed by atoms with Crippen LogP contribution in [0.4, 0.5) is 0 Å². The van der Waals surface area contributed by atoms with Crippen molar-refractivity contribution in [1.82, 2.24) is 4.98 Å². The van der Waals surface area contributed by atoms with Crippen LogP contribution in [-0.4, -0.2) is 11.0 Å². The van der Waals surface area contributed by atoms with E-state index in [0.717, 1.165) is 0 Å². The molecule has 3 nitrogen and oxygen atoms in total. The average molecular weight is 196 g/mol. The molecule has 0 saturated heterocycles. The number of hydrogen-bond donors (Lipinski definition) is 0. The fraction of sp³-hybridized carbons (Fsp3) is 0. The number of carbonyl (C=O) groups excluding carboxylic acids is 1. The van der Waals surface area contributed by atoms with Gasteiger partial charge in [-0.05, 0) is 12.1 Å². The molecule has 0 saturated carbocycles. The minimum absolute atomic E-state index is 0. The minimum Gasteiger partial charge on any atom is -0.543 e. The molecule has 0 atom stereocenters. The third kappa shape index (κ3) is 3.64. The number of aromatic nitrogens is 1. The molecule has 0 N–H and O–H groups in total. The third-order valence-electron chi connectivity index (χ3n) is 0.931. The van der Waals surface area contributed by atoms with Gasteiger partial charge in [0.25, 0.3) is 0 Å². The summed E-state index contributed by atoms with van der Waals surface area (Å²) in [6.45, 7) is 0. The van der Waals surface area contributed by atoms with Crippen LogP contribution >= 0.6 is 11.6 Å². The van der Waals surface area contributed by atoms with E-state index in [4.69, 9.17) is 11.6 Å². The SMILES string of the molecule is O=C([O-])c1cc(Cl)ccn1.[K+]. The number of rotatable bonds is 1. The summed E-state index contributed by atoms with van der Waals surface area (Å²) in [5.41, 5.74) is -0.146. The average Bonchev–Trinajstić information content (AvgIpc) is 1.88. The zero-order chi connectivity index (χ0) is 7.56. The van der Waals surface area contributed by atoms with E-state index >= 15 is 0 Å². The molecule has 5 heteroatoms. The molecule has 0 aliphatic rings. The van der Waals surface area contributed by atoms with E-state index in [0.29, 0.717) is 5.02 Å². The summed E-state index contributed by atoms with van der Waals surface area (Å²) >= 11 is 5.46.